The molecule has 0 radical (unpaired) electrons. The van der Waals surface area contributed by atoms with Gasteiger partial charge in [-0.3, -0.25) is 13.9 Å². The molecule has 0 bridgehead atoms. The molecule has 42 heavy (non-hydrogen) atoms. The maximum absolute atomic E-state index is 14.0. The van der Waals surface area contributed by atoms with Crippen molar-refractivity contribution >= 4 is 43.5 Å². The largest absolute Gasteiger partial charge is 0.416 e. The molecule has 3 aromatic rings. The first-order chi connectivity index (χ1) is 19.9. The third-order valence-electron chi connectivity index (χ3n) is 7.18. The molecule has 224 valence electrons. The molecule has 0 heterocycles. The van der Waals surface area contributed by atoms with Gasteiger partial charge in [0.15, 0.2) is 0 Å². The predicted octanol–water partition coefficient (Wildman–Crippen LogP) is 6.14. The standard InChI is InChI=1S/C30H31BrF3N3O4S/c1-21(29(39)35-25-12-5-6-13-25)36(19-22-9-7-11-24(31)17-22)28(38)20-37(42(40,41)27-15-3-2-4-16-27)26-14-8-10-23(18-26)30(32,33)34/h2-4,7-11,14-18,21,25H,5-6,12-13,19-20H2,1H3,(H,35,39)/t21-/m1/s1. The lowest BCUT2D eigenvalue weighted by Crippen LogP contribution is -2.52. The van der Waals surface area contributed by atoms with Crippen molar-refractivity contribution in [3.8, 4) is 0 Å². The topological polar surface area (TPSA) is 86.8 Å². The number of amides is 2. The summed E-state index contributed by atoms with van der Waals surface area (Å²) in [5.41, 5.74) is -0.710. The molecule has 2 amide bonds. The van der Waals surface area contributed by atoms with E-state index in [1.165, 1.54) is 35.2 Å². The molecule has 0 aliphatic heterocycles. The average Bonchev–Trinajstić information content (AvgIpc) is 3.47. The highest BCUT2D eigenvalue weighted by molar-refractivity contribution is 9.10. The number of hydrogen-bond donors (Lipinski definition) is 1. The number of nitrogens with one attached hydrogen (secondary N) is 1. The summed E-state index contributed by atoms with van der Waals surface area (Å²) in [5.74, 6) is -1.14. The minimum atomic E-state index is -4.73. The lowest BCUT2D eigenvalue weighted by molar-refractivity contribution is -0.139. The summed E-state index contributed by atoms with van der Waals surface area (Å²) in [6.45, 7) is 0.702. The van der Waals surface area contributed by atoms with Crippen molar-refractivity contribution in [2.24, 2.45) is 0 Å². The van der Waals surface area contributed by atoms with Crippen LogP contribution in [0.4, 0.5) is 18.9 Å². The number of benzene rings is 3. The molecule has 1 atom stereocenters. The summed E-state index contributed by atoms with van der Waals surface area (Å²) in [6.07, 6.45) is -1.10. The fourth-order valence-electron chi connectivity index (χ4n) is 4.89. The minimum Gasteiger partial charge on any atom is -0.352 e. The normalized spacial score (nSPS) is 14.8. The third kappa shape index (κ3) is 7.71. The van der Waals surface area contributed by atoms with Crippen LogP contribution in [0, 0.1) is 0 Å². The van der Waals surface area contributed by atoms with Crippen LogP contribution in [0.2, 0.25) is 0 Å². The van der Waals surface area contributed by atoms with Gasteiger partial charge in [-0.15, -0.1) is 0 Å². The first-order valence-corrected chi connectivity index (χ1v) is 15.7. The van der Waals surface area contributed by atoms with Crippen LogP contribution in [0.15, 0.2) is 88.2 Å². The van der Waals surface area contributed by atoms with E-state index in [2.05, 4.69) is 21.2 Å². The van der Waals surface area contributed by atoms with Crippen molar-refractivity contribution in [2.75, 3.05) is 10.8 Å². The summed E-state index contributed by atoms with van der Waals surface area (Å²) in [5, 5.41) is 2.98. The van der Waals surface area contributed by atoms with Crippen molar-refractivity contribution in [1.29, 1.82) is 0 Å². The Morgan fingerprint density at radius 3 is 2.29 bits per heavy atom. The van der Waals surface area contributed by atoms with Crippen molar-refractivity contribution in [1.82, 2.24) is 10.2 Å². The van der Waals surface area contributed by atoms with E-state index in [1.54, 1.807) is 37.3 Å². The Labute approximate surface area is 251 Å². The first kappa shape index (κ1) is 31.6. The molecule has 1 aliphatic rings. The van der Waals surface area contributed by atoms with E-state index >= 15 is 0 Å². The molecule has 0 aromatic heterocycles. The number of rotatable bonds is 10. The summed E-state index contributed by atoms with van der Waals surface area (Å²) in [7, 11) is -4.48. The predicted molar refractivity (Wildman–Crippen MR) is 157 cm³/mol. The van der Waals surface area contributed by atoms with Crippen LogP contribution in [0.1, 0.15) is 43.7 Å². The highest BCUT2D eigenvalue weighted by atomic mass is 79.9. The smallest absolute Gasteiger partial charge is 0.352 e. The van der Waals surface area contributed by atoms with Crippen molar-refractivity contribution in [3.05, 3.63) is 94.5 Å². The Balaban J connectivity index is 1.72. The van der Waals surface area contributed by atoms with Crippen LogP contribution < -0.4 is 9.62 Å². The van der Waals surface area contributed by atoms with Gasteiger partial charge in [0.05, 0.1) is 16.1 Å². The fraction of sp³-hybridized carbons (Fsp3) is 0.333. The molecule has 0 spiro atoms. The molecule has 0 unspecified atom stereocenters. The summed E-state index contributed by atoms with van der Waals surface area (Å²) in [4.78, 5) is 28.3. The lowest BCUT2D eigenvalue weighted by atomic mass is 10.1. The number of anilines is 1. The number of halogens is 4. The van der Waals surface area contributed by atoms with Crippen molar-refractivity contribution < 1.29 is 31.2 Å². The van der Waals surface area contributed by atoms with Gasteiger partial charge in [-0.2, -0.15) is 13.2 Å². The van der Waals surface area contributed by atoms with E-state index in [4.69, 9.17) is 0 Å². The van der Waals surface area contributed by atoms with Crippen LogP contribution in [0.25, 0.3) is 0 Å². The summed E-state index contributed by atoms with van der Waals surface area (Å²) >= 11 is 3.40. The first-order valence-electron chi connectivity index (χ1n) is 13.5. The highest BCUT2D eigenvalue weighted by Gasteiger charge is 2.35. The quantitative estimate of drug-likeness (QED) is 0.282. The van der Waals surface area contributed by atoms with Crippen molar-refractivity contribution in [3.63, 3.8) is 0 Å². The zero-order chi connectivity index (χ0) is 30.5. The van der Waals surface area contributed by atoms with Gasteiger partial charge in [0.25, 0.3) is 10.0 Å². The number of hydrogen-bond acceptors (Lipinski definition) is 4. The van der Waals surface area contributed by atoms with Gasteiger partial charge in [0, 0.05) is 17.1 Å². The third-order valence-corrected chi connectivity index (χ3v) is 9.46. The summed E-state index contributed by atoms with van der Waals surface area (Å²) < 4.78 is 69.7. The number of carbonyl (C=O) groups excluding carboxylic acids is 2. The van der Waals surface area contributed by atoms with E-state index < -0.39 is 40.3 Å². The highest BCUT2D eigenvalue weighted by Crippen LogP contribution is 2.33. The second-order valence-electron chi connectivity index (χ2n) is 10.2. The van der Waals surface area contributed by atoms with E-state index in [1.807, 2.05) is 0 Å². The Morgan fingerprint density at radius 2 is 1.64 bits per heavy atom. The minimum absolute atomic E-state index is 0.0113. The maximum atomic E-state index is 14.0. The number of sulfonamides is 1. The molecule has 1 saturated carbocycles. The fourth-order valence-corrected chi connectivity index (χ4v) is 6.77. The average molecular weight is 667 g/mol. The number of carbonyl (C=O) groups is 2. The van der Waals surface area contributed by atoms with E-state index in [0.717, 1.165) is 42.3 Å². The molecular formula is C30H31BrF3N3O4S. The molecule has 12 heteroatoms. The molecule has 4 rings (SSSR count). The SMILES string of the molecule is C[C@H](C(=O)NC1CCCC1)N(Cc1cccc(Br)c1)C(=O)CN(c1cccc(C(F)(F)F)c1)S(=O)(=O)c1ccccc1. The van der Waals surface area contributed by atoms with Gasteiger partial charge in [0.1, 0.15) is 12.6 Å². The molecule has 7 nitrogen and oxygen atoms in total. The van der Waals surface area contributed by atoms with Crippen LogP contribution in [0.5, 0.6) is 0 Å². The molecule has 0 saturated heterocycles. The van der Waals surface area contributed by atoms with Gasteiger partial charge < -0.3 is 10.2 Å². The lowest BCUT2D eigenvalue weighted by Gasteiger charge is -2.32. The Kier molecular flexibility index (Phi) is 9.98. The summed E-state index contributed by atoms with van der Waals surface area (Å²) in [6, 6.07) is 17.1. The molecule has 3 aromatic carbocycles. The van der Waals surface area contributed by atoms with Gasteiger partial charge in [0.2, 0.25) is 11.8 Å². The number of alkyl halides is 3. The second-order valence-corrected chi connectivity index (χ2v) is 13.0. The Hall–Kier alpha value is -3.38. The van der Waals surface area contributed by atoms with E-state index in [-0.39, 0.29) is 29.1 Å². The molecule has 1 N–H and O–H groups in total. The van der Waals surface area contributed by atoms with Crippen LogP contribution in [-0.2, 0) is 32.3 Å². The van der Waals surface area contributed by atoms with Crippen LogP contribution >= 0.6 is 15.9 Å². The molecule has 1 fully saturated rings. The molecular weight excluding hydrogens is 635 g/mol. The van der Waals surface area contributed by atoms with Gasteiger partial charge >= 0.3 is 6.18 Å². The zero-order valence-corrected chi connectivity index (χ0v) is 25.3. The van der Waals surface area contributed by atoms with Gasteiger partial charge in [-0.25, -0.2) is 8.42 Å². The van der Waals surface area contributed by atoms with Crippen molar-refractivity contribution in [2.45, 2.75) is 62.3 Å². The maximum Gasteiger partial charge on any atom is 0.416 e. The monoisotopic (exact) mass is 665 g/mol. The Bertz CT molecular complexity index is 1510. The number of nitrogens with zero attached hydrogens (tertiary/aromatic N) is 2. The second kappa shape index (κ2) is 13.3. The Morgan fingerprint density at radius 1 is 0.976 bits per heavy atom. The van der Waals surface area contributed by atoms with E-state index in [9.17, 15) is 31.2 Å². The van der Waals surface area contributed by atoms with E-state index in [0.29, 0.717) is 15.9 Å². The van der Waals surface area contributed by atoms with Crippen LogP contribution in [0.3, 0.4) is 0 Å². The van der Waals surface area contributed by atoms with Gasteiger partial charge in [-0.1, -0.05) is 65.2 Å². The van der Waals surface area contributed by atoms with Gasteiger partial charge in [-0.05, 0) is 67.8 Å². The van der Waals surface area contributed by atoms with Crippen LogP contribution in [-0.4, -0.2) is 43.8 Å². The zero-order valence-electron chi connectivity index (χ0n) is 22.9. The molecule has 1 aliphatic carbocycles.